The van der Waals surface area contributed by atoms with Gasteiger partial charge in [-0.2, -0.15) is 0 Å². The Kier molecular flexibility index (Phi) is 3.98. The number of carbonyl (C=O) groups excluding carboxylic acids is 1. The number of aryl methyl sites for hydroxylation is 1. The summed E-state index contributed by atoms with van der Waals surface area (Å²) in [5, 5.41) is 6.99. The highest BCUT2D eigenvalue weighted by Gasteiger charge is 2.17. The van der Waals surface area contributed by atoms with Crippen LogP contribution in [0.25, 0.3) is 10.2 Å². The van der Waals surface area contributed by atoms with E-state index >= 15 is 0 Å². The van der Waals surface area contributed by atoms with Gasteiger partial charge in [-0.05, 0) is 56.5 Å². The van der Waals surface area contributed by atoms with E-state index in [-0.39, 0.29) is 5.91 Å². The van der Waals surface area contributed by atoms with Gasteiger partial charge in [-0.15, -0.1) is 0 Å². The molecule has 4 nitrogen and oxygen atoms in total. The number of aromatic nitrogens is 1. The van der Waals surface area contributed by atoms with Crippen LogP contribution in [0, 0.1) is 12.8 Å². The maximum atomic E-state index is 12.1. The van der Waals surface area contributed by atoms with Crippen LogP contribution in [0.5, 0.6) is 0 Å². The van der Waals surface area contributed by atoms with E-state index in [0.29, 0.717) is 17.5 Å². The van der Waals surface area contributed by atoms with Crippen molar-refractivity contribution in [1.82, 2.24) is 10.3 Å². The van der Waals surface area contributed by atoms with Gasteiger partial charge in [-0.3, -0.25) is 4.79 Å². The maximum Gasteiger partial charge on any atom is 0.226 e. The zero-order valence-corrected chi connectivity index (χ0v) is 12.4. The number of benzene rings is 1. The minimum absolute atomic E-state index is 0.0782. The van der Waals surface area contributed by atoms with Gasteiger partial charge in [0, 0.05) is 6.42 Å². The van der Waals surface area contributed by atoms with Gasteiger partial charge < -0.3 is 10.6 Å². The maximum absolute atomic E-state index is 12.1. The lowest BCUT2D eigenvalue weighted by Crippen LogP contribution is -2.32. The number of amides is 1. The predicted octanol–water partition coefficient (Wildman–Crippen LogP) is 2.93. The zero-order chi connectivity index (χ0) is 13.9. The van der Waals surface area contributed by atoms with Gasteiger partial charge >= 0.3 is 0 Å². The first kappa shape index (κ1) is 13.5. The Labute approximate surface area is 122 Å². The van der Waals surface area contributed by atoms with Gasteiger partial charge in [0.25, 0.3) is 0 Å². The molecule has 1 aromatic carbocycles. The summed E-state index contributed by atoms with van der Waals surface area (Å²) in [6.07, 6.45) is 2.89. The molecule has 1 aliphatic heterocycles. The molecule has 1 aromatic heterocycles. The molecule has 0 radical (unpaired) electrons. The van der Waals surface area contributed by atoms with E-state index in [0.717, 1.165) is 29.7 Å². The molecule has 20 heavy (non-hydrogen) atoms. The molecule has 1 saturated heterocycles. The van der Waals surface area contributed by atoms with Crippen LogP contribution >= 0.6 is 11.3 Å². The molecule has 1 aliphatic rings. The highest BCUT2D eigenvalue weighted by molar-refractivity contribution is 7.22. The first-order valence-corrected chi connectivity index (χ1v) is 7.90. The van der Waals surface area contributed by atoms with Gasteiger partial charge in [0.1, 0.15) is 0 Å². The van der Waals surface area contributed by atoms with Gasteiger partial charge in [-0.1, -0.05) is 17.4 Å². The zero-order valence-electron chi connectivity index (χ0n) is 11.6. The fourth-order valence-electron chi connectivity index (χ4n) is 2.62. The summed E-state index contributed by atoms with van der Waals surface area (Å²) in [6.45, 7) is 4.09. The SMILES string of the molecule is Cc1ccc2nc(NC(=O)CC3CCCNC3)sc2c1. The average Bonchev–Trinajstić information content (AvgIpc) is 2.80. The number of hydrogen-bond acceptors (Lipinski definition) is 4. The van der Waals surface area contributed by atoms with Crippen molar-refractivity contribution in [1.29, 1.82) is 0 Å². The molecule has 1 fully saturated rings. The Hall–Kier alpha value is -1.46. The van der Waals surface area contributed by atoms with Gasteiger partial charge in [0.15, 0.2) is 5.13 Å². The molecule has 5 heteroatoms. The molecule has 0 aliphatic carbocycles. The topological polar surface area (TPSA) is 54.0 Å². The van der Waals surface area contributed by atoms with E-state index in [1.165, 1.54) is 12.0 Å². The number of anilines is 1. The summed E-state index contributed by atoms with van der Waals surface area (Å²) in [5.74, 6) is 0.537. The van der Waals surface area contributed by atoms with Crippen LogP contribution in [-0.2, 0) is 4.79 Å². The number of fused-ring (bicyclic) bond motifs is 1. The summed E-state index contributed by atoms with van der Waals surface area (Å²) < 4.78 is 1.12. The van der Waals surface area contributed by atoms with Gasteiger partial charge in [0.2, 0.25) is 5.91 Å². The molecule has 2 N–H and O–H groups in total. The Bertz CT molecular complexity index is 617. The lowest BCUT2D eigenvalue weighted by molar-refractivity contribution is -0.117. The summed E-state index contributed by atoms with van der Waals surface area (Å²) in [5.41, 5.74) is 2.17. The molecule has 1 atom stereocenters. The summed E-state index contributed by atoms with van der Waals surface area (Å²) in [4.78, 5) is 16.5. The van der Waals surface area contributed by atoms with E-state index in [1.807, 2.05) is 12.1 Å². The van der Waals surface area contributed by atoms with E-state index in [4.69, 9.17) is 0 Å². The highest BCUT2D eigenvalue weighted by Crippen LogP contribution is 2.27. The minimum atomic E-state index is 0.0782. The normalized spacial score (nSPS) is 19.1. The fraction of sp³-hybridized carbons (Fsp3) is 0.467. The molecule has 0 bridgehead atoms. The van der Waals surface area contributed by atoms with E-state index in [2.05, 4.69) is 28.6 Å². The first-order chi connectivity index (χ1) is 9.70. The fourth-order valence-corrected chi connectivity index (χ4v) is 3.60. The second-order valence-electron chi connectivity index (χ2n) is 5.45. The third-order valence-electron chi connectivity index (χ3n) is 3.66. The first-order valence-electron chi connectivity index (χ1n) is 7.08. The average molecular weight is 289 g/mol. The van der Waals surface area contributed by atoms with Crippen molar-refractivity contribution in [3.05, 3.63) is 23.8 Å². The number of nitrogens with zero attached hydrogens (tertiary/aromatic N) is 1. The Balaban J connectivity index is 1.64. The van der Waals surface area contributed by atoms with Crippen LogP contribution in [-0.4, -0.2) is 24.0 Å². The van der Waals surface area contributed by atoms with Crippen molar-refractivity contribution in [2.75, 3.05) is 18.4 Å². The molecule has 2 aromatic rings. The molecular weight excluding hydrogens is 270 g/mol. The lowest BCUT2D eigenvalue weighted by Gasteiger charge is -2.21. The van der Waals surface area contributed by atoms with Crippen LogP contribution in [0.4, 0.5) is 5.13 Å². The van der Waals surface area contributed by atoms with Crippen molar-refractivity contribution in [2.45, 2.75) is 26.2 Å². The number of piperidine rings is 1. The number of rotatable bonds is 3. The van der Waals surface area contributed by atoms with Crippen molar-refractivity contribution in [3.63, 3.8) is 0 Å². The Morgan fingerprint density at radius 2 is 2.45 bits per heavy atom. The Morgan fingerprint density at radius 1 is 1.55 bits per heavy atom. The van der Waals surface area contributed by atoms with Gasteiger partial charge in [0.05, 0.1) is 10.2 Å². The van der Waals surface area contributed by atoms with Crippen molar-refractivity contribution in [3.8, 4) is 0 Å². The van der Waals surface area contributed by atoms with Crippen molar-refractivity contribution in [2.24, 2.45) is 5.92 Å². The highest BCUT2D eigenvalue weighted by atomic mass is 32.1. The quantitative estimate of drug-likeness (QED) is 0.913. The molecule has 3 rings (SSSR count). The molecule has 106 valence electrons. The summed E-state index contributed by atoms with van der Waals surface area (Å²) in [7, 11) is 0. The number of hydrogen-bond donors (Lipinski definition) is 2. The van der Waals surface area contributed by atoms with E-state index < -0.39 is 0 Å². The summed E-state index contributed by atoms with van der Waals surface area (Å²) >= 11 is 1.54. The van der Waals surface area contributed by atoms with Gasteiger partial charge in [-0.25, -0.2) is 4.98 Å². The van der Waals surface area contributed by atoms with Crippen LogP contribution in [0.15, 0.2) is 18.2 Å². The summed E-state index contributed by atoms with van der Waals surface area (Å²) in [6, 6.07) is 6.15. The van der Waals surface area contributed by atoms with E-state index in [9.17, 15) is 4.79 Å². The largest absolute Gasteiger partial charge is 0.316 e. The monoisotopic (exact) mass is 289 g/mol. The standard InChI is InChI=1S/C15H19N3OS/c1-10-4-5-12-13(7-10)20-15(17-12)18-14(19)8-11-3-2-6-16-9-11/h4-5,7,11,16H,2-3,6,8-9H2,1H3,(H,17,18,19). The van der Waals surface area contributed by atoms with Crippen LogP contribution in [0.1, 0.15) is 24.8 Å². The Morgan fingerprint density at radius 3 is 3.25 bits per heavy atom. The van der Waals surface area contributed by atoms with Crippen molar-refractivity contribution < 1.29 is 4.79 Å². The molecular formula is C15H19N3OS. The second-order valence-corrected chi connectivity index (χ2v) is 6.49. The number of nitrogens with one attached hydrogen (secondary N) is 2. The number of carbonyl (C=O) groups is 1. The third kappa shape index (κ3) is 3.16. The lowest BCUT2D eigenvalue weighted by atomic mass is 9.96. The molecule has 0 saturated carbocycles. The molecule has 0 spiro atoms. The second kappa shape index (κ2) is 5.89. The molecule has 2 heterocycles. The third-order valence-corrected chi connectivity index (χ3v) is 4.60. The molecule has 1 amide bonds. The van der Waals surface area contributed by atoms with Crippen LogP contribution in [0.2, 0.25) is 0 Å². The minimum Gasteiger partial charge on any atom is -0.316 e. The smallest absolute Gasteiger partial charge is 0.226 e. The number of thiazole rings is 1. The van der Waals surface area contributed by atoms with Crippen LogP contribution in [0.3, 0.4) is 0 Å². The van der Waals surface area contributed by atoms with Crippen molar-refractivity contribution >= 4 is 32.6 Å². The predicted molar refractivity (Wildman–Crippen MR) is 83.2 cm³/mol. The van der Waals surface area contributed by atoms with E-state index in [1.54, 1.807) is 11.3 Å². The van der Waals surface area contributed by atoms with Crippen LogP contribution < -0.4 is 10.6 Å². The molecule has 1 unspecified atom stereocenters.